The number of carbonyl (C=O) groups is 5. The molecule has 3 amide bonds. The standard InChI is InChI=1S/C33H44N4O8S/c1-17(2)13-20(15-24(38)27(18(3)4)37-33(42)45-25-16-44-32-21(25)10-12-43-32)30(41)35-23(14-19-9-11-34-29(19)40)28(39)31-36-22-7-5-6-8-26(22)46-31/h5-8,17-21,23,25,27,32H,9-16H2,1-4H3,(H,34,40)(H,35,41)(H,37,42)/t19?,20-,21?,23+,25?,27?,32?/m1/s1. The molecule has 12 nitrogen and oxygen atoms in total. The molecule has 1 aromatic heterocycles. The molecule has 5 unspecified atom stereocenters. The second-order valence-electron chi connectivity index (χ2n) is 13.3. The van der Waals surface area contributed by atoms with Gasteiger partial charge >= 0.3 is 6.09 Å². The van der Waals surface area contributed by atoms with Crippen molar-refractivity contribution in [1.29, 1.82) is 0 Å². The minimum Gasteiger partial charge on any atom is -0.443 e. The van der Waals surface area contributed by atoms with E-state index in [2.05, 4.69) is 20.9 Å². The molecule has 0 radical (unpaired) electrons. The quantitative estimate of drug-likeness (QED) is 0.258. The van der Waals surface area contributed by atoms with E-state index in [0.717, 1.165) is 11.1 Å². The van der Waals surface area contributed by atoms with Gasteiger partial charge in [-0.05, 0) is 49.7 Å². The summed E-state index contributed by atoms with van der Waals surface area (Å²) in [5, 5.41) is 8.68. The highest BCUT2D eigenvalue weighted by Gasteiger charge is 2.44. The van der Waals surface area contributed by atoms with Crippen LogP contribution in [0, 0.1) is 29.6 Å². The number of rotatable bonds is 14. The number of benzene rings is 1. The molecule has 4 heterocycles. The molecule has 3 aliphatic rings. The van der Waals surface area contributed by atoms with Crippen LogP contribution >= 0.6 is 11.3 Å². The van der Waals surface area contributed by atoms with Gasteiger partial charge in [0, 0.05) is 24.8 Å². The molecule has 0 saturated carbocycles. The Morgan fingerprint density at radius 1 is 1.09 bits per heavy atom. The van der Waals surface area contributed by atoms with Crippen molar-refractivity contribution in [3.8, 4) is 0 Å². The van der Waals surface area contributed by atoms with Crippen LogP contribution in [0.15, 0.2) is 24.3 Å². The lowest BCUT2D eigenvalue weighted by Gasteiger charge is -2.27. The number of hydrogen-bond acceptors (Lipinski definition) is 10. The third kappa shape index (κ3) is 8.10. The number of alkyl carbamates (subject to hydrolysis) is 1. The monoisotopic (exact) mass is 656 g/mol. The zero-order valence-corrected chi connectivity index (χ0v) is 27.6. The van der Waals surface area contributed by atoms with E-state index in [0.29, 0.717) is 31.5 Å². The fourth-order valence-electron chi connectivity index (χ4n) is 6.49. The molecular weight excluding hydrogens is 612 g/mol. The van der Waals surface area contributed by atoms with Gasteiger partial charge in [-0.3, -0.25) is 19.2 Å². The van der Waals surface area contributed by atoms with Crippen molar-refractivity contribution in [2.45, 2.75) is 84.3 Å². The fraction of sp³-hybridized carbons (Fsp3) is 0.636. The molecule has 3 aliphatic heterocycles. The Morgan fingerprint density at radius 2 is 1.87 bits per heavy atom. The maximum atomic E-state index is 13.9. The first-order chi connectivity index (χ1) is 22.0. The Kier molecular flexibility index (Phi) is 11.1. The zero-order valence-electron chi connectivity index (χ0n) is 26.8. The maximum absolute atomic E-state index is 13.9. The molecule has 5 rings (SSSR count). The minimum absolute atomic E-state index is 0.0354. The summed E-state index contributed by atoms with van der Waals surface area (Å²) < 4.78 is 17.5. The van der Waals surface area contributed by atoms with Gasteiger partial charge in [0.05, 0.1) is 41.4 Å². The maximum Gasteiger partial charge on any atom is 0.408 e. The van der Waals surface area contributed by atoms with E-state index in [9.17, 15) is 24.0 Å². The summed E-state index contributed by atoms with van der Waals surface area (Å²) >= 11 is 1.24. The number of fused-ring (bicyclic) bond motifs is 2. The van der Waals surface area contributed by atoms with Crippen molar-refractivity contribution < 1.29 is 38.2 Å². The van der Waals surface area contributed by atoms with Gasteiger partial charge < -0.3 is 30.2 Å². The van der Waals surface area contributed by atoms with Crippen molar-refractivity contribution in [3.05, 3.63) is 29.3 Å². The molecule has 0 bridgehead atoms. The summed E-state index contributed by atoms with van der Waals surface area (Å²) in [6.07, 6.45) is 0.139. The van der Waals surface area contributed by atoms with Gasteiger partial charge in [0.15, 0.2) is 17.1 Å². The summed E-state index contributed by atoms with van der Waals surface area (Å²) in [4.78, 5) is 71.2. The van der Waals surface area contributed by atoms with Crippen molar-refractivity contribution in [2.75, 3.05) is 19.8 Å². The van der Waals surface area contributed by atoms with Gasteiger partial charge in [0.2, 0.25) is 17.6 Å². The molecule has 1 aromatic carbocycles. The van der Waals surface area contributed by atoms with E-state index in [-0.39, 0.29) is 66.0 Å². The van der Waals surface area contributed by atoms with Gasteiger partial charge in [-0.25, -0.2) is 9.78 Å². The highest BCUT2D eigenvalue weighted by Crippen LogP contribution is 2.33. The summed E-state index contributed by atoms with van der Waals surface area (Å²) in [5.74, 6) is -2.67. The van der Waals surface area contributed by atoms with Crippen LogP contribution in [0.25, 0.3) is 10.2 Å². The molecule has 13 heteroatoms. The van der Waals surface area contributed by atoms with Crippen LogP contribution in [-0.2, 0) is 28.6 Å². The lowest BCUT2D eigenvalue weighted by atomic mass is 9.86. The van der Waals surface area contributed by atoms with Crippen molar-refractivity contribution in [2.24, 2.45) is 29.6 Å². The topological polar surface area (TPSA) is 162 Å². The lowest BCUT2D eigenvalue weighted by Crippen LogP contribution is -2.49. The normalized spacial score (nSPS) is 24.4. The lowest BCUT2D eigenvalue weighted by molar-refractivity contribution is -0.131. The van der Waals surface area contributed by atoms with E-state index in [1.165, 1.54) is 11.3 Å². The molecule has 0 spiro atoms. The smallest absolute Gasteiger partial charge is 0.408 e. The molecule has 7 atom stereocenters. The van der Waals surface area contributed by atoms with Crippen LogP contribution in [0.5, 0.6) is 0 Å². The SMILES string of the molecule is CC(C)C[C@H](CC(=O)C(NC(=O)OC1COC2OCCC12)C(C)C)C(=O)N[C@@H](CC1CCNC1=O)C(=O)c1nc2ccccc2s1. The number of amides is 3. The third-order valence-corrected chi connectivity index (χ3v) is 9.98. The second kappa shape index (κ2) is 15.0. The number of nitrogens with one attached hydrogen (secondary N) is 3. The largest absolute Gasteiger partial charge is 0.443 e. The highest BCUT2D eigenvalue weighted by atomic mass is 32.1. The van der Waals surface area contributed by atoms with Crippen LogP contribution in [-0.4, -0.2) is 78.7 Å². The molecule has 46 heavy (non-hydrogen) atoms. The highest BCUT2D eigenvalue weighted by molar-refractivity contribution is 7.20. The molecule has 3 N–H and O–H groups in total. The van der Waals surface area contributed by atoms with Crippen LogP contribution in [0.2, 0.25) is 0 Å². The molecule has 3 saturated heterocycles. The van der Waals surface area contributed by atoms with Crippen LogP contribution in [0.4, 0.5) is 4.79 Å². The summed E-state index contributed by atoms with van der Waals surface area (Å²) in [6, 6.07) is 5.54. The van der Waals surface area contributed by atoms with E-state index < -0.39 is 42.0 Å². The molecule has 250 valence electrons. The molecule has 0 aliphatic carbocycles. The van der Waals surface area contributed by atoms with Crippen molar-refractivity contribution >= 4 is 51.0 Å². The van der Waals surface area contributed by atoms with Crippen LogP contribution in [0.1, 0.15) is 69.6 Å². The number of carbonyl (C=O) groups excluding carboxylic acids is 5. The van der Waals surface area contributed by atoms with Gasteiger partial charge in [-0.15, -0.1) is 11.3 Å². The number of thiazole rings is 1. The van der Waals surface area contributed by atoms with Gasteiger partial charge in [-0.1, -0.05) is 39.8 Å². The number of ketones is 2. The summed E-state index contributed by atoms with van der Waals surface area (Å²) in [6.45, 7) is 8.84. The average Bonchev–Trinajstić information content (AvgIpc) is 3.80. The van der Waals surface area contributed by atoms with Crippen LogP contribution in [0.3, 0.4) is 0 Å². The number of nitrogens with zero attached hydrogens (tertiary/aromatic N) is 1. The Labute approximate surface area is 272 Å². The zero-order chi connectivity index (χ0) is 33.0. The summed E-state index contributed by atoms with van der Waals surface area (Å²) in [5.41, 5.74) is 0.686. The predicted octanol–water partition coefficient (Wildman–Crippen LogP) is 3.62. The Balaban J connectivity index is 1.28. The second-order valence-corrected chi connectivity index (χ2v) is 14.3. The number of hydrogen-bond donors (Lipinski definition) is 3. The number of ether oxygens (including phenoxy) is 3. The first-order valence-corrected chi connectivity index (χ1v) is 17.0. The van der Waals surface area contributed by atoms with Gasteiger partial charge in [0.25, 0.3) is 0 Å². The summed E-state index contributed by atoms with van der Waals surface area (Å²) in [7, 11) is 0. The molecule has 3 fully saturated rings. The molecule has 2 aromatic rings. The Hall–Kier alpha value is -3.42. The van der Waals surface area contributed by atoms with Crippen molar-refractivity contribution in [1.82, 2.24) is 20.9 Å². The van der Waals surface area contributed by atoms with Crippen LogP contribution < -0.4 is 16.0 Å². The number of Topliss-reactive ketones (excluding diaryl/α,β-unsaturated/α-hetero) is 2. The van der Waals surface area contributed by atoms with Gasteiger partial charge in [0.1, 0.15) is 6.10 Å². The minimum atomic E-state index is -0.988. The fourth-order valence-corrected chi connectivity index (χ4v) is 7.45. The van der Waals surface area contributed by atoms with Gasteiger partial charge in [-0.2, -0.15) is 0 Å². The van der Waals surface area contributed by atoms with E-state index in [4.69, 9.17) is 14.2 Å². The van der Waals surface area contributed by atoms with E-state index in [1.807, 2.05) is 52.0 Å². The average molecular weight is 657 g/mol. The number of aromatic nitrogens is 1. The first kappa shape index (κ1) is 33.9. The predicted molar refractivity (Wildman–Crippen MR) is 170 cm³/mol. The first-order valence-electron chi connectivity index (χ1n) is 16.2. The number of para-hydroxylation sites is 1. The third-order valence-electron chi connectivity index (χ3n) is 8.93. The Bertz CT molecular complexity index is 1410. The van der Waals surface area contributed by atoms with E-state index >= 15 is 0 Å². The molecular formula is C33H44N4O8S. The Morgan fingerprint density at radius 3 is 2.57 bits per heavy atom. The van der Waals surface area contributed by atoms with Crippen molar-refractivity contribution in [3.63, 3.8) is 0 Å². The van der Waals surface area contributed by atoms with E-state index in [1.54, 1.807) is 0 Å².